The van der Waals surface area contributed by atoms with Crippen LogP contribution in [0.5, 0.6) is 0 Å². The van der Waals surface area contributed by atoms with E-state index in [1.54, 1.807) is 10.7 Å². The van der Waals surface area contributed by atoms with Gasteiger partial charge >= 0.3 is 0 Å². The molecule has 1 heterocycles. The maximum atomic E-state index is 13.8. The average Bonchev–Trinajstić information content (AvgIpc) is 3.09. The van der Waals surface area contributed by atoms with Crippen molar-refractivity contribution in [2.75, 3.05) is 5.73 Å². The largest absolute Gasteiger partial charge is 0.399 e. The zero-order valence-electron chi connectivity index (χ0n) is 10.0. The Kier molecular flexibility index (Phi) is 2.50. The van der Waals surface area contributed by atoms with Crippen LogP contribution in [0.25, 0.3) is 11.4 Å². The number of nitrogen functional groups attached to an aromatic ring is 1. The molecule has 1 aliphatic rings. The van der Waals surface area contributed by atoms with Crippen LogP contribution in [-0.4, -0.2) is 20.2 Å². The van der Waals surface area contributed by atoms with Crippen molar-refractivity contribution in [3.8, 4) is 11.4 Å². The summed E-state index contributed by atoms with van der Waals surface area (Å²) >= 11 is 0. The first-order valence-corrected chi connectivity index (χ1v) is 6.00. The number of anilines is 1. The van der Waals surface area contributed by atoms with Crippen LogP contribution in [0.1, 0.15) is 25.8 Å². The van der Waals surface area contributed by atoms with Crippen LogP contribution < -0.4 is 5.73 Å². The van der Waals surface area contributed by atoms with Crippen LogP contribution in [0.4, 0.5) is 10.1 Å². The van der Waals surface area contributed by atoms with Gasteiger partial charge in [0, 0.05) is 5.69 Å². The summed E-state index contributed by atoms with van der Waals surface area (Å²) in [5.74, 6) is 0.679. The molecule has 18 heavy (non-hydrogen) atoms. The molecule has 1 fully saturated rings. The minimum atomic E-state index is -0.358. The van der Waals surface area contributed by atoms with Gasteiger partial charge in [-0.1, -0.05) is 0 Å². The van der Waals surface area contributed by atoms with E-state index in [-0.39, 0.29) is 11.9 Å². The van der Waals surface area contributed by atoms with Crippen molar-refractivity contribution in [3.05, 3.63) is 24.0 Å². The van der Waals surface area contributed by atoms with Crippen molar-refractivity contribution < 1.29 is 4.39 Å². The van der Waals surface area contributed by atoms with Gasteiger partial charge in [0.1, 0.15) is 5.82 Å². The molecular formula is C12H14FN5. The highest BCUT2D eigenvalue weighted by atomic mass is 19.1. The van der Waals surface area contributed by atoms with Gasteiger partial charge in [-0.3, -0.25) is 0 Å². The molecule has 5 nitrogen and oxygen atoms in total. The fourth-order valence-electron chi connectivity index (χ4n) is 2.14. The van der Waals surface area contributed by atoms with E-state index in [9.17, 15) is 4.39 Å². The molecule has 1 saturated carbocycles. The molecular weight excluding hydrogens is 233 g/mol. The molecule has 94 valence electrons. The molecule has 2 N–H and O–H groups in total. The van der Waals surface area contributed by atoms with Gasteiger partial charge in [0.25, 0.3) is 0 Å². The summed E-state index contributed by atoms with van der Waals surface area (Å²) in [4.78, 5) is 0. The van der Waals surface area contributed by atoms with E-state index < -0.39 is 0 Å². The normalized spacial score (nSPS) is 16.8. The monoisotopic (exact) mass is 247 g/mol. The van der Waals surface area contributed by atoms with Crippen molar-refractivity contribution >= 4 is 5.69 Å². The average molecular weight is 247 g/mol. The molecule has 2 aromatic rings. The molecule has 0 aliphatic heterocycles. The van der Waals surface area contributed by atoms with Crippen LogP contribution in [0, 0.1) is 11.7 Å². The van der Waals surface area contributed by atoms with E-state index in [0.29, 0.717) is 23.0 Å². The molecule has 1 atom stereocenters. The number of nitrogens with zero attached hydrogens (tertiary/aromatic N) is 4. The second-order valence-electron chi connectivity index (χ2n) is 4.76. The number of nitrogens with two attached hydrogens (primary N) is 1. The summed E-state index contributed by atoms with van der Waals surface area (Å²) in [6.07, 6.45) is 2.36. The number of rotatable bonds is 3. The molecule has 0 radical (unpaired) electrons. The lowest BCUT2D eigenvalue weighted by Crippen LogP contribution is -2.11. The Morgan fingerprint density at radius 1 is 1.44 bits per heavy atom. The summed E-state index contributed by atoms with van der Waals surface area (Å²) in [5.41, 5.74) is 6.54. The first kappa shape index (κ1) is 11.1. The Bertz CT molecular complexity index is 576. The minimum Gasteiger partial charge on any atom is -0.399 e. The summed E-state index contributed by atoms with van der Waals surface area (Å²) in [6, 6.07) is 4.62. The van der Waals surface area contributed by atoms with Crippen LogP contribution >= 0.6 is 0 Å². The quantitative estimate of drug-likeness (QED) is 0.842. The van der Waals surface area contributed by atoms with Crippen molar-refractivity contribution in [1.29, 1.82) is 0 Å². The summed E-state index contributed by atoms with van der Waals surface area (Å²) in [5, 5.41) is 11.6. The zero-order valence-corrected chi connectivity index (χ0v) is 10.0. The fourth-order valence-corrected chi connectivity index (χ4v) is 2.14. The van der Waals surface area contributed by atoms with Gasteiger partial charge in [-0.05, 0) is 54.3 Å². The maximum Gasteiger partial charge on any atom is 0.185 e. The predicted octanol–water partition coefficient (Wildman–Crippen LogP) is 2.03. The lowest BCUT2D eigenvalue weighted by Gasteiger charge is -2.12. The van der Waals surface area contributed by atoms with Gasteiger partial charge < -0.3 is 5.73 Å². The van der Waals surface area contributed by atoms with Crippen molar-refractivity contribution in [3.63, 3.8) is 0 Å². The topological polar surface area (TPSA) is 69.6 Å². The maximum absolute atomic E-state index is 13.8. The van der Waals surface area contributed by atoms with Crippen LogP contribution in [0.3, 0.4) is 0 Å². The summed E-state index contributed by atoms with van der Waals surface area (Å²) in [6.45, 7) is 2.06. The smallest absolute Gasteiger partial charge is 0.185 e. The van der Waals surface area contributed by atoms with Gasteiger partial charge in [0.15, 0.2) is 5.82 Å². The third-order valence-corrected chi connectivity index (χ3v) is 3.41. The number of tetrazole rings is 1. The van der Waals surface area contributed by atoms with Crippen LogP contribution in [0.15, 0.2) is 18.2 Å². The van der Waals surface area contributed by atoms with Crippen LogP contribution in [-0.2, 0) is 0 Å². The molecule has 3 rings (SSSR count). The molecule has 1 aromatic heterocycles. The first-order valence-electron chi connectivity index (χ1n) is 6.00. The second kappa shape index (κ2) is 4.04. The lowest BCUT2D eigenvalue weighted by atomic mass is 10.1. The highest BCUT2D eigenvalue weighted by Gasteiger charge is 2.32. The van der Waals surface area contributed by atoms with Gasteiger partial charge in [0.2, 0.25) is 0 Å². The van der Waals surface area contributed by atoms with E-state index in [4.69, 9.17) is 5.73 Å². The van der Waals surface area contributed by atoms with E-state index in [1.807, 2.05) is 0 Å². The van der Waals surface area contributed by atoms with Crippen molar-refractivity contribution in [2.24, 2.45) is 5.92 Å². The summed E-state index contributed by atoms with van der Waals surface area (Å²) < 4.78 is 15.5. The van der Waals surface area contributed by atoms with E-state index >= 15 is 0 Å². The highest BCUT2D eigenvalue weighted by Crippen LogP contribution is 2.40. The van der Waals surface area contributed by atoms with Crippen molar-refractivity contribution in [2.45, 2.75) is 25.8 Å². The molecule has 6 heteroatoms. The van der Waals surface area contributed by atoms with Gasteiger partial charge in [-0.25, -0.2) is 9.07 Å². The third-order valence-electron chi connectivity index (χ3n) is 3.41. The molecule has 1 aromatic carbocycles. The Morgan fingerprint density at radius 3 is 2.94 bits per heavy atom. The Morgan fingerprint density at radius 2 is 2.22 bits per heavy atom. The SMILES string of the molecule is CC(C1CC1)n1nnnc1-c1cc(N)ccc1F. The standard InChI is InChI=1S/C12H14FN5/c1-7(8-2-3-8)18-12(15-16-17-18)10-6-9(14)4-5-11(10)13/h4-8H,2-3,14H2,1H3. The minimum absolute atomic E-state index is 0.191. The zero-order chi connectivity index (χ0) is 12.7. The molecule has 0 spiro atoms. The van der Waals surface area contributed by atoms with E-state index in [0.717, 1.165) is 0 Å². The van der Waals surface area contributed by atoms with Gasteiger partial charge in [-0.15, -0.1) is 5.10 Å². The number of benzene rings is 1. The van der Waals surface area contributed by atoms with Gasteiger partial charge in [-0.2, -0.15) is 0 Å². The molecule has 1 aliphatic carbocycles. The number of halogens is 1. The predicted molar refractivity (Wildman–Crippen MR) is 65.1 cm³/mol. The Hall–Kier alpha value is -1.98. The molecule has 0 amide bonds. The summed E-state index contributed by atoms with van der Waals surface area (Å²) in [7, 11) is 0. The van der Waals surface area contributed by atoms with Crippen LogP contribution in [0.2, 0.25) is 0 Å². The fraction of sp³-hybridized carbons (Fsp3) is 0.417. The van der Waals surface area contributed by atoms with E-state index in [1.165, 1.54) is 25.0 Å². The Labute approximate surface area is 104 Å². The molecule has 1 unspecified atom stereocenters. The molecule has 0 bridgehead atoms. The molecule has 0 saturated heterocycles. The van der Waals surface area contributed by atoms with E-state index in [2.05, 4.69) is 22.4 Å². The van der Waals surface area contributed by atoms with Gasteiger partial charge in [0.05, 0.1) is 11.6 Å². The Balaban J connectivity index is 2.06. The van der Waals surface area contributed by atoms with Crippen molar-refractivity contribution in [1.82, 2.24) is 20.2 Å². The highest BCUT2D eigenvalue weighted by molar-refractivity contribution is 5.61. The number of hydrogen-bond acceptors (Lipinski definition) is 4. The first-order chi connectivity index (χ1) is 8.66. The third kappa shape index (κ3) is 1.83. The number of aromatic nitrogens is 4. The number of hydrogen-bond donors (Lipinski definition) is 1. The second-order valence-corrected chi connectivity index (χ2v) is 4.76. The lowest BCUT2D eigenvalue weighted by molar-refractivity contribution is 0.432.